The van der Waals surface area contributed by atoms with Crippen LogP contribution in [0.25, 0.3) is 0 Å². The number of nitrogens with two attached hydrogens (primary N) is 1. The van der Waals surface area contributed by atoms with Gasteiger partial charge in [-0.25, -0.2) is 0 Å². The van der Waals surface area contributed by atoms with Crippen LogP contribution >= 0.6 is 0 Å². The van der Waals surface area contributed by atoms with Crippen molar-refractivity contribution in [2.75, 3.05) is 20.1 Å². The molecule has 0 aromatic heterocycles. The lowest BCUT2D eigenvalue weighted by atomic mass is 9.99. The maximum atomic E-state index is 9.29. The summed E-state index contributed by atoms with van der Waals surface area (Å²) >= 11 is 0. The molecule has 0 fully saturated rings. The number of hydrogen-bond acceptors (Lipinski definition) is 3. The first kappa shape index (κ1) is 12.9. The average molecular weight is 188 g/mol. The molecule has 3 heteroatoms. The van der Waals surface area contributed by atoms with E-state index in [4.69, 9.17) is 5.73 Å². The van der Waals surface area contributed by atoms with E-state index in [1.807, 2.05) is 0 Å². The van der Waals surface area contributed by atoms with Gasteiger partial charge in [-0.15, -0.1) is 0 Å². The maximum Gasteiger partial charge on any atom is 0.0674 e. The van der Waals surface area contributed by atoms with Crippen LogP contribution in [0, 0.1) is 0 Å². The summed E-state index contributed by atoms with van der Waals surface area (Å²) < 4.78 is 0. The van der Waals surface area contributed by atoms with Gasteiger partial charge in [0.1, 0.15) is 0 Å². The van der Waals surface area contributed by atoms with Crippen LogP contribution in [0.3, 0.4) is 0 Å². The minimum absolute atomic E-state index is 0.217. The monoisotopic (exact) mass is 188 g/mol. The zero-order valence-electron chi connectivity index (χ0n) is 9.38. The lowest BCUT2D eigenvalue weighted by Crippen LogP contribution is -2.42. The van der Waals surface area contributed by atoms with Crippen LogP contribution in [0.1, 0.15) is 33.6 Å². The fraction of sp³-hybridized carbons (Fsp3) is 1.00. The molecule has 1 atom stereocenters. The van der Waals surface area contributed by atoms with E-state index in [1.165, 1.54) is 0 Å². The van der Waals surface area contributed by atoms with Crippen molar-refractivity contribution in [3.05, 3.63) is 0 Å². The molecule has 0 rings (SSSR count). The molecule has 0 amide bonds. The van der Waals surface area contributed by atoms with Gasteiger partial charge in [0, 0.05) is 18.6 Å². The van der Waals surface area contributed by atoms with Gasteiger partial charge < -0.3 is 15.7 Å². The molecule has 0 aliphatic heterocycles. The first-order chi connectivity index (χ1) is 5.94. The van der Waals surface area contributed by atoms with E-state index < -0.39 is 0 Å². The molecule has 0 aliphatic carbocycles. The van der Waals surface area contributed by atoms with Gasteiger partial charge in [0.2, 0.25) is 0 Å². The molecule has 0 aromatic rings. The number of nitrogens with zero attached hydrogens (tertiary/aromatic N) is 1. The van der Waals surface area contributed by atoms with Crippen LogP contribution in [-0.2, 0) is 0 Å². The van der Waals surface area contributed by atoms with Gasteiger partial charge in [-0.2, -0.15) is 0 Å². The molecule has 0 aromatic carbocycles. The Morgan fingerprint density at radius 1 is 1.46 bits per heavy atom. The summed E-state index contributed by atoms with van der Waals surface area (Å²) in [6.07, 6.45) is 1.52. The normalized spacial score (nSPS) is 15.0. The van der Waals surface area contributed by atoms with Gasteiger partial charge in [-0.1, -0.05) is 6.92 Å². The van der Waals surface area contributed by atoms with E-state index in [0.29, 0.717) is 6.54 Å². The van der Waals surface area contributed by atoms with Crippen LogP contribution in [0.4, 0.5) is 0 Å². The SMILES string of the molecule is CCC(C)(C)N(C)CCC(O)CN. The predicted molar refractivity (Wildman–Crippen MR) is 56.7 cm³/mol. The molecule has 1 unspecified atom stereocenters. The molecular weight excluding hydrogens is 164 g/mol. The van der Waals surface area contributed by atoms with Crippen molar-refractivity contribution in [3.8, 4) is 0 Å². The quantitative estimate of drug-likeness (QED) is 0.649. The average Bonchev–Trinajstić information content (AvgIpc) is 2.13. The molecule has 3 nitrogen and oxygen atoms in total. The van der Waals surface area contributed by atoms with E-state index in [2.05, 4.69) is 32.7 Å². The summed E-state index contributed by atoms with van der Waals surface area (Å²) in [6, 6.07) is 0. The molecule has 3 N–H and O–H groups in total. The van der Waals surface area contributed by atoms with Gasteiger partial charge in [-0.3, -0.25) is 0 Å². The van der Waals surface area contributed by atoms with Crippen LogP contribution in [-0.4, -0.2) is 41.8 Å². The molecule has 13 heavy (non-hydrogen) atoms. The van der Waals surface area contributed by atoms with Gasteiger partial charge in [0.15, 0.2) is 0 Å². The number of rotatable bonds is 6. The highest BCUT2D eigenvalue weighted by Crippen LogP contribution is 2.16. The zero-order chi connectivity index (χ0) is 10.5. The third-order valence-corrected chi connectivity index (χ3v) is 2.97. The van der Waals surface area contributed by atoms with Gasteiger partial charge in [0.05, 0.1) is 6.10 Å². The van der Waals surface area contributed by atoms with Crippen LogP contribution in [0.5, 0.6) is 0 Å². The zero-order valence-corrected chi connectivity index (χ0v) is 9.38. The molecule has 0 saturated heterocycles. The number of aliphatic hydroxyl groups excluding tert-OH is 1. The van der Waals surface area contributed by atoms with Crippen molar-refractivity contribution in [2.45, 2.75) is 45.3 Å². The summed E-state index contributed by atoms with van der Waals surface area (Å²) in [7, 11) is 2.09. The summed E-state index contributed by atoms with van der Waals surface area (Å²) in [5, 5.41) is 9.29. The highest BCUT2D eigenvalue weighted by Gasteiger charge is 2.20. The standard InChI is InChI=1S/C10H24N2O/c1-5-10(2,3)12(4)7-6-9(13)8-11/h9,13H,5-8,11H2,1-4H3. The second-order valence-corrected chi connectivity index (χ2v) is 4.27. The van der Waals surface area contributed by atoms with Gasteiger partial charge in [0.25, 0.3) is 0 Å². The maximum absolute atomic E-state index is 9.29. The topological polar surface area (TPSA) is 49.5 Å². The van der Waals surface area contributed by atoms with Gasteiger partial charge >= 0.3 is 0 Å². The first-order valence-corrected chi connectivity index (χ1v) is 5.03. The molecule has 0 saturated carbocycles. The predicted octanol–water partition coefficient (Wildman–Crippen LogP) is 0.817. The Labute approximate surface area is 81.9 Å². The molecule has 80 valence electrons. The second kappa shape index (κ2) is 5.58. The highest BCUT2D eigenvalue weighted by molar-refractivity contribution is 4.77. The molecule has 0 bridgehead atoms. The summed E-state index contributed by atoms with van der Waals surface area (Å²) in [4.78, 5) is 2.27. The molecule has 0 spiro atoms. The second-order valence-electron chi connectivity index (χ2n) is 4.27. The Balaban J connectivity index is 3.80. The van der Waals surface area contributed by atoms with Gasteiger partial charge in [-0.05, 0) is 33.7 Å². The Kier molecular flexibility index (Phi) is 5.53. The minimum atomic E-state index is -0.352. The van der Waals surface area contributed by atoms with E-state index in [1.54, 1.807) is 0 Å². The third-order valence-electron chi connectivity index (χ3n) is 2.97. The Morgan fingerprint density at radius 2 is 2.00 bits per heavy atom. The summed E-state index contributed by atoms with van der Waals surface area (Å²) in [6.45, 7) is 7.86. The number of aliphatic hydroxyl groups is 1. The summed E-state index contributed by atoms with van der Waals surface area (Å²) in [5.74, 6) is 0. The minimum Gasteiger partial charge on any atom is -0.392 e. The lowest BCUT2D eigenvalue weighted by molar-refractivity contribution is 0.108. The van der Waals surface area contributed by atoms with E-state index in [0.717, 1.165) is 19.4 Å². The third kappa shape index (κ3) is 4.60. The highest BCUT2D eigenvalue weighted by atomic mass is 16.3. The van der Waals surface area contributed by atoms with Crippen molar-refractivity contribution < 1.29 is 5.11 Å². The molecule has 0 heterocycles. The molecule has 0 aliphatic rings. The van der Waals surface area contributed by atoms with Crippen LogP contribution in [0.15, 0.2) is 0 Å². The summed E-state index contributed by atoms with van der Waals surface area (Å²) in [5.41, 5.74) is 5.55. The fourth-order valence-corrected chi connectivity index (χ4v) is 1.03. The van der Waals surface area contributed by atoms with Crippen molar-refractivity contribution in [1.29, 1.82) is 0 Å². The Hall–Kier alpha value is -0.120. The van der Waals surface area contributed by atoms with E-state index in [9.17, 15) is 5.11 Å². The Bertz CT molecular complexity index is 137. The Morgan fingerprint density at radius 3 is 2.38 bits per heavy atom. The largest absolute Gasteiger partial charge is 0.392 e. The molecule has 0 radical (unpaired) electrons. The van der Waals surface area contributed by atoms with Crippen molar-refractivity contribution >= 4 is 0 Å². The van der Waals surface area contributed by atoms with E-state index >= 15 is 0 Å². The van der Waals surface area contributed by atoms with Crippen LogP contribution in [0.2, 0.25) is 0 Å². The lowest BCUT2D eigenvalue weighted by Gasteiger charge is -2.35. The van der Waals surface area contributed by atoms with E-state index in [-0.39, 0.29) is 11.6 Å². The fourth-order valence-electron chi connectivity index (χ4n) is 1.03. The van der Waals surface area contributed by atoms with Crippen LogP contribution < -0.4 is 5.73 Å². The van der Waals surface area contributed by atoms with Crippen molar-refractivity contribution in [2.24, 2.45) is 5.73 Å². The van der Waals surface area contributed by atoms with Crippen molar-refractivity contribution in [1.82, 2.24) is 4.90 Å². The smallest absolute Gasteiger partial charge is 0.0674 e. The first-order valence-electron chi connectivity index (χ1n) is 5.03. The molecular formula is C10H24N2O. The number of hydrogen-bond donors (Lipinski definition) is 2. The van der Waals surface area contributed by atoms with Crippen molar-refractivity contribution in [3.63, 3.8) is 0 Å².